The first kappa shape index (κ1) is 12.4. The number of carbonyl (C=O) groups is 2. The van der Waals surface area contributed by atoms with Crippen LogP contribution in [0.15, 0.2) is 17.5 Å². The molecule has 0 bridgehead atoms. The molecule has 1 heterocycles. The molecular weight excluding hydrogens is 228 g/mol. The minimum absolute atomic E-state index is 0.218. The van der Waals surface area contributed by atoms with Crippen molar-refractivity contribution in [2.24, 2.45) is 0 Å². The lowest BCUT2D eigenvalue weighted by Crippen LogP contribution is -2.24. The van der Waals surface area contributed by atoms with Gasteiger partial charge in [0.15, 0.2) is 0 Å². The van der Waals surface area contributed by atoms with E-state index in [0.29, 0.717) is 0 Å². The van der Waals surface area contributed by atoms with E-state index in [1.807, 2.05) is 12.3 Å². The Morgan fingerprint density at radius 2 is 2.25 bits per heavy atom. The first-order valence-electron chi connectivity index (χ1n) is 4.62. The second-order valence-corrected chi connectivity index (χ2v) is 4.12. The van der Waals surface area contributed by atoms with Crippen molar-refractivity contribution in [3.8, 4) is 0 Å². The highest BCUT2D eigenvalue weighted by atomic mass is 32.1. The normalized spacial score (nSPS) is 12.6. The third kappa shape index (κ3) is 3.82. The predicted octanol–water partition coefficient (Wildman–Crippen LogP) is 1.27. The summed E-state index contributed by atoms with van der Waals surface area (Å²) >= 11 is 1.46. The van der Waals surface area contributed by atoms with Crippen molar-refractivity contribution >= 4 is 23.2 Å². The van der Waals surface area contributed by atoms with E-state index in [1.54, 1.807) is 6.92 Å². The smallest absolute Gasteiger partial charge is 0.328 e. The molecule has 0 radical (unpaired) electrons. The fourth-order valence-electron chi connectivity index (χ4n) is 1.04. The molecule has 1 amide bonds. The average Bonchev–Trinajstić information content (AvgIpc) is 2.62. The van der Waals surface area contributed by atoms with Crippen molar-refractivity contribution in [2.75, 3.05) is 0 Å². The van der Waals surface area contributed by atoms with Gasteiger partial charge in [-0.05, 0) is 13.8 Å². The molecule has 0 aromatic carbocycles. The van der Waals surface area contributed by atoms with Crippen LogP contribution in [-0.2, 0) is 9.59 Å². The maximum atomic E-state index is 11.3. The second kappa shape index (κ2) is 5.41. The van der Waals surface area contributed by atoms with Gasteiger partial charge in [0.25, 0.3) is 0 Å². The molecule has 1 unspecified atom stereocenters. The van der Waals surface area contributed by atoms with E-state index in [4.69, 9.17) is 5.11 Å². The van der Waals surface area contributed by atoms with Crippen LogP contribution in [0.2, 0.25) is 0 Å². The molecule has 0 saturated carbocycles. The topological polar surface area (TPSA) is 79.3 Å². The van der Waals surface area contributed by atoms with Crippen LogP contribution in [0.25, 0.3) is 0 Å². The minimum Gasteiger partial charge on any atom is -0.478 e. The number of carboxylic acids is 1. The van der Waals surface area contributed by atoms with Crippen molar-refractivity contribution in [1.29, 1.82) is 0 Å². The predicted molar refractivity (Wildman–Crippen MR) is 60.2 cm³/mol. The van der Waals surface area contributed by atoms with Crippen LogP contribution >= 0.6 is 11.3 Å². The zero-order valence-electron chi connectivity index (χ0n) is 8.93. The van der Waals surface area contributed by atoms with Gasteiger partial charge in [-0.25, -0.2) is 9.78 Å². The number of amides is 1. The van der Waals surface area contributed by atoms with Gasteiger partial charge in [0.2, 0.25) is 5.91 Å². The molecule has 86 valence electrons. The van der Waals surface area contributed by atoms with Gasteiger partial charge >= 0.3 is 5.97 Å². The molecule has 1 aromatic rings. The summed E-state index contributed by atoms with van der Waals surface area (Å²) < 4.78 is 0. The van der Waals surface area contributed by atoms with Crippen LogP contribution in [0.4, 0.5) is 0 Å². The summed E-state index contributed by atoms with van der Waals surface area (Å²) in [6, 6.07) is -0.218. The summed E-state index contributed by atoms with van der Waals surface area (Å²) in [4.78, 5) is 25.7. The standard InChI is InChI=1S/C10H12N2O3S/c1-6-5-16-10(11-6)7(2)12-8(13)3-4-9(14)15/h3-5,7H,1-2H3,(H,12,13)(H,14,15). The fourth-order valence-corrected chi connectivity index (χ4v) is 1.85. The summed E-state index contributed by atoms with van der Waals surface area (Å²) in [5, 5.41) is 13.7. The number of rotatable bonds is 4. The van der Waals surface area contributed by atoms with Crippen LogP contribution in [0.1, 0.15) is 23.7 Å². The highest BCUT2D eigenvalue weighted by Gasteiger charge is 2.10. The Morgan fingerprint density at radius 1 is 1.56 bits per heavy atom. The maximum Gasteiger partial charge on any atom is 0.328 e. The number of carboxylic acid groups (broad SMARTS) is 1. The second-order valence-electron chi connectivity index (χ2n) is 3.23. The Hall–Kier alpha value is -1.69. The zero-order valence-corrected chi connectivity index (χ0v) is 9.75. The Kier molecular flexibility index (Phi) is 4.19. The Morgan fingerprint density at radius 3 is 2.75 bits per heavy atom. The lowest BCUT2D eigenvalue weighted by Gasteiger charge is -2.08. The molecule has 0 saturated heterocycles. The maximum absolute atomic E-state index is 11.3. The van der Waals surface area contributed by atoms with Crippen molar-refractivity contribution in [3.63, 3.8) is 0 Å². The van der Waals surface area contributed by atoms with Crippen molar-refractivity contribution in [3.05, 3.63) is 28.2 Å². The molecule has 16 heavy (non-hydrogen) atoms. The summed E-state index contributed by atoms with van der Waals surface area (Å²) in [5.41, 5.74) is 0.905. The molecule has 6 heteroatoms. The number of nitrogens with one attached hydrogen (secondary N) is 1. The summed E-state index contributed by atoms with van der Waals surface area (Å²) in [7, 11) is 0. The number of thiazole rings is 1. The molecular formula is C10H12N2O3S. The molecule has 5 nitrogen and oxygen atoms in total. The number of aryl methyl sites for hydroxylation is 1. The van der Waals surface area contributed by atoms with E-state index in [2.05, 4.69) is 10.3 Å². The number of carbonyl (C=O) groups excluding carboxylic acids is 1. The largest absolute Gasteiger partial charge is 0.478 e. The van der Waals surface area contributed by atoms with Gasteiger partial charge < -0.3 is 10.4 Å². The van der Waals surface area contributed by atoms with E-state index in [9.17, 15) is 9.59 Å². The van der Waals surface area contributed by atoms with Crippen molar-refractivity contribution in [2.45, 2.75) is 19.9 Å². The first-order chi connectivity index (χ1) is 7.49. The number of hydrogen-bond acceptors (Lipinski definition) is 4. The van der Waals surface area contributed by atoms with E-state index in [1.165, 1.54) is 11.3 Å². The molecule has 0 aliphatic carbocycles. The molecule has 0 aliphatic rings. The van der Waals surface area contributed by atoms with Gasteiger partial charge in [0.05, 0.1) is 6.04 Å². The fraction of sp³-hybridized carbons (Fsp3) is 0.300. The van der Waals surface area contributed by atoms with E-state index < -0.39 is 11.9 Å². The Balaban J connectivity index is 2.55. The summed E-state index contributed by atoms with van der Waals surface area (Å²) in [5.74, 6) is -1.59. The quantitative estimate of drug-likeness (QED) is 0.777. The lowest BCUT2D eigenvalue weighted by molar-refractivity contribution is -0.131. The Bertz CT molecular complexity index is 425. The monoisotopic (exact) mass is 240 g/mol. The van der Waals surface area contributed by atoms with E-state index >= 15 is 0 Å². The lowest BCUT2D eigenvalue weighted by atomic mass is 10.3. The van der Waals surface area contributed by atoms with Gasteiger partial charge in [0, 0.05) is 23.2 Å². The number of hydrogen-bond donors (Lipinski definition) is 2. The molecule has 2 N–H and O–H groups in total. The van der Waals surface area contributed by atoms with Gasteiger partial charge in [-0.3, -0.25) is 4.79 Å². The average molecular weight is 240 g/mol. The summed E-state index contributed by atoms with van der Waals surface area (Å²) in [6.07, 6.45) is 1.79. The van der Waals surface area contributed by atoms with Crippen LogP contribution in [-0.4, -0.2) is 22.0 Å². The highest BCUT2D eigenvalue weighted by molar-refractivity contribution is 7.09. The van der Waals surface area contributed by atoms with Crippen LogP contribution in [0.5, 0.6) is 0 Å². The third-order valence-electron chi connectivity index (χ3n) is 1.74. The first-order valence-corrected chi connectivity index (χ1v) is 5.50. The SMILES string of the molecule is Cc1csc(C(C)NC(=O)C=CC(=O)O)n1. The Labute approximate surface area is 96.8 Å². The molecule has 0 spiro atoms. The van der Waals surface area contributed by atoms with E-state index in [0.717, 1.165) is 22.9 Å². The zero-order chi connectivity index (χ0) is 12.1. The van der Waals surface area contributed by atoms with Crippen molar-refractivity contribution < 1.29 is 14.7 Å². The number of aromatic nitrogens is 1. The molecule has 1 aromatic heterocycles. The van der Waals surface area contributed by atoms with Crippen LogP contribution in [0.3, 0.4) is 0 Å². The molecule has 0 fully saturated rings. The van der Waals surface area contributed by atoms with Gasteiger partial charge in [-0.1, -0.05) is 0 Å². The third-order valence-corrected chi connectivity index (χ3v) is 2.89. The van der Waals surface area contributed by atoms with Crippen LogP contribution in [0, 0.1) is 6.92 Å². The van der Waals surface area contributed by atoms with E-state index in [-0.39, 0.29) is 6.04 Å². The highest BCUT2D eigenvalue weighted by Crippen LogP contribution is 2.17. The molecule has 1 atom stereocenters. The van der Waals surface area contributed by atoms with Gasteiger partial charge in [0.1, 0.15) is 5.01 Å². The molecule has 1 rings (SSSR count). The number of nitrogens with zero attached hydrogens (tertiary/aromatic N) is 1. The van der Waals surface area contributed by atoms with Gasteiger partial charge in [-0.2, -0.15) is 0 Å². The van der Waals surface area contributed by atoms with Crippen molar-refractivity contribution in [1.82, 2.24) is 10.3 Å². The van der Waals surface area contributed by atoms with Crippen LogP contribution < -0.4 is 5.32 Å². The number of aliphatic carboxylic acids is 1. The molecule has 0 aliphatic heterocycles. The summed E-state index contributed by atoms with van der Waals surface area (Å²) in [6.45, 7) is 3.67. The minimum atomic E-state index is -1.15. The van der Waals surface area contributed by atoms with Gasteiger partial charge in [-0.15, -0.1) is 11.3 Å².